The lowest BCUT2D eigenvalue weighted by Crippen LogP contribution is -2.56. The van der Waals surface area contributed by atoms with Crippen molar-refractivity contribution in [2.75, 3.05) is 39.4 Å². The Hall–Kier alpha value is -6.09. The van der Waals surface area contributed by atoms with Crippen LogP contribution < -0.4 is 31.9 Å². The molecule has 252 valence electrons. The van der Waals surface area contributed by atoms with Crippen molar-refractivity contribution in [3.63, 3.8) is 0 Å². The number of rotatable bonds is 7. The molecule has 6 amide bonds. The molecule has 17 heteroatoms. The van der Waals surface area contributed by atoms with Crippen LogP contribution in [-0.2, 0) is 28.7 Å². The van der Waals surface area contributed by atoms with E-state index in [1.165, 1.54) is 6.08 Å². The number of fused-ring (bicyclic) bond motifs is 3. The third-order valence-electron chi connectivity index (χ3n) is 7.49. The number of azide groups is 1. The number of hydrogen-bond acceptors (Lipinski definition) is 9. The van der Waals surface area contributed by atoms with Crippen molar-refractivity contribution in [3.8, 4) is 11.1 Å². The molecule has 3 atom stereocenters. The maximum atomic E-state index is 13.2. The minimum Gasteiger partial charge on any atom is -0.449 e. The minimum absolute atomic E-state index is 0.0266. The first-order valence-corrected chi connectivity index (χ1v) is 15.0. The standard InChI is InChI=1S/C31H35N9O8/c1-2-13-47-30(45)37-24-15-35-29(44)25(39-40-32)16-36-28(43)23(14-34-26(41)11-12-33-27(24)42)38-31(46)48-17-22-20-9-5-3-7-18(20)19-8-4-6-10-21(19)22/h2-10,22-25H,1,11-17H2,(H,33,42)(H,34,41)(H,35,44)(H,36,43)(H,37,45)(H,38,46)/t23-,24?,25?/m0/s1. The van der Waals surface area contributed by atoms with E-state index in [4.69, 9.17) is 15.0 Å². The molecule has 0 aromatic heterocycles. The second-order valence-corrected chi connectivity index (χ2v) is 10.7. The molecule has 48 heavy (non-hydrogen) atoms. The summed E-state index contributed by atoms with van der Waals surface area (Å²) in [5.74, 6) is -3.22. The van der Waals surface area contributed by atoms with Gasteiger partial charge in [-0.05, 0) is 27.8 Å². The molecule has 6 N–H and O–H groups in total. The molecular weight excluding hydrogens is 626 g/mol. The monoisotopic (exact) mass is 661 g/mol. The molecule has 1 aliphatic carbocycles. The number of alkyl carbamates (subject to hydrolysis) is 2. The zero-order valence-electron chi connectivity index (χ0n) is 25.8. The summed E-state index contributed by atoms with van der Waals surface area (Å²) in [5, 5.41) is 18.0. The van der Waals surface area contributed by atoms with Gasteiger partial charge in [-0.3, -0.25) is 19.2 Å². The fraction of sp³-hybridized carbons (Fsp3) is 0.355. The average Bonchev–Trinajstić information content (AvgIpc) is 3.41. The molecule has 0 spiro atoms. The van der Waals surface area contributed by atoms with Crippen molar-refractivity contribution in [1.82, 2.24) is 31.9 Å². The van der Waals surface area contributed by atoms with E-state index in [1.807, 2.05) is 48.5 Å². The molecule has 2 unspecified atom stereocenters. The molecule has 0 radical (unpaired) electrons. The van der Waals surface area contributed by atoms with Crippen molar-refractivity contribution in [2.45, 2.75) is 30.5 Å². The zero-order chi connectivity index (χ0) is 34.5. The normalized spacial score (nSPS) is 20.2. The van der Waals surface area contributed by atoms with Crippen LogP contribution in [0.5, 0.6) is 0 Å². The number of carbonyl (C=O) groups is 6. The van der Waals surface area contributed by atoms with Gasteiger partial charge in [0, 0.05) is 43.4 Å². The van der Waals surface area contributed by atoms with Crippen LogP contribution in [-0.4, -0.2) is 93.3 Å². The van der Waals surface area contributed by atoms with E-state index in [1.54, 1.807) is 0 Å². The molecule has 0 bridgehead atoms. The van der Waals surface area contributed by atoms with Gasteiger partial charge in [-0.1, -0.05) is 66.3 Å². The summed E-state index contributed by atoms with van der Waals surface area (Å²) in [6, 6.07) is 11.4. The van der Waals surface area contributed by atoms with Crippen molar-refractivity contribution in [1.29, 1.82) is 0 Å². The van der Waals surface area contributed by atoms with E-state index < -0.39 is 67.0 Å². The lowest BCUT2D eigenvalue weighted by Gasteiger charge is -2.22. The van der Waals surface area contributed by atoms with Crippen LogP contribution in [0.3, 0.4) is 0 Å². The first kappa shape index (κ1) is 34.8. The lowest BCUT2D eigenvalue weighted by molar-refractivity contribution is -0.125. The summed E-state index contributed by atoms with van der Waals surface area (Å²) in [5.41, 5.74) is 13.1. The Bertz CT molecular complexity index is 1560. The highest BCUT2D eigenvalue weighted by Crippen LogP contribution is 2.44. The topological polar surface area (TPSA) is 242 Å². The maximum absolute atomic E-state index is 13.2. The summed E-state index contributed by atoms with van der Waals surface area (Å²) in [6.45, 7) is 1.77. The number of amides is 6. The second kappa shape index (κ2) is 17.0. The number of benzene rings is 2. The third-order valence-corrected chi connectivity index (χ3v) is 7.49. The summed E-state index contributed by atoms with van der Waals surface area (Å²) in [4.78, 5) is 79.0. The van der Waals surface area contributed by atoms with Gasteiger partial charge < -0.3 is 41.4 Å². The van der Waals surface area contributed by atoms with E-state index in [9.17, 15) is 28.8 Å². The van der Waals surface area contributed by atoms with Crippen molar-refractivity contribution in [2.24, 2.45) is 5.11 Å². The third kappa shape index (κ3) is 9.23. The van der Waals surface area contributed by atoms with Gasteiger partial charge in [-0.25, -0.2) is 9.59 Å². The van der Waals surface area contributed by atoms with Gasteiger partial charge in [-0.15, -0.1) is 0 Å². The van der Waals surface area contributed by atoms with Crippen LogP contribution >= 0.6 is 0 Å². The van der Waals surface area contributed by atoms with Crippen LogP contribution in [0.4, 0.5) is 9.59 Å². The number of ether oxygens (including phenoxy) is 2. The molecule has 0 saturated carbocycles. The number of hydrogen-bond donors (Lipinski definition) is 6. The molecule has 2 aromatic carbocycles. The second-order valence-electron chi connectivity index (χ2n) is 10.7. The van der Waals surface area contributed by atoms with Gasteiger partial charge in [0.15, 0.2) is 0 Å². The Kier molecular flexibility index (Phi) is 12.3. The zero-order valence-corrected chi connectivity index (χ0v) is 25.8. The van der Waals surface area contributed by atoms with Crippen LogP contribution in [0.25, 0.3) is 21.6 Å². The number of nitrogens with one attached hydrogen (secondary N) is 6. The molecule has 1 fully saturated rings. The minimum atomic E-state index is -1.48. The Morgan fingerprint density at radius 2 is 1.40 bits per heavy atom. The van der Waals surface area contributed by atoms with E-state index in [2.05, 4.69) is 48.5 Å². The van der Waals surface area contributed by atoms with E-state index >= 15 is 0 Å². The van der Waals surface area contributed by atoms with Gasteiger partial charge in [0.25, 0.3) is 0 Å². The maximum Gasteiger partial charge on any atom is 0.408 e. The number of carbonyl (C=O) groups excluding carboxylic acids is 6. The summed E-state index contributed by atoms with van der Waals surface area (Å²) >= 11 is 0. The highest BCUT2D eigenvalue weighted by molar-refractivity contribution is 5.90. The van der Waals surface area contributed by atoms with Gasteiger partial charge in [0.05, 0.1) is 0 Å². The van der Waals surface area contributed by atoms with Gasteiger partial charge >= 0.3 is 12.2 Å². The molecule has 2 aliphatic rings. The highest BCUT2D eigenvalue weighted by atomic mass is 16.6. The van der Waals surface area contributed by atoms with Crippen LogP contribution in [0.1, 0.15) is 23.5 Å². The highest BCUT2D eigenvalue weighted by Gasteiger charge is 2.31. The van der Waals surface area contributed by atoms with Crippen LogP contribution in [0.2, 0.25) is 0 Å². The molecule has 1 saturated heterocycles. The van der Waals surface area contributed by atoms with Crippen LogP contribution in [0, 0.1) is 0 Å². The van der Waals surface area contributed by atoms with Gasteiger partial charge in [0.1, 0.15) is 31.3 Å². The Morgan fingerprint density at radius 3 is 2.02 bits per heavy atom. The SMILES string of the molecule is C=CCOC(=O)NC1CNC(=O)C(N=[N+]=[N-])CNC(=O)[C@@H](NC(=O)OCC2c3ccccc3-c3ccccc32)CNC(=O)CCNC1=O. The molecular formula is C31H35N9O8. The first-order chi connectivity index (χ1) is 23.2. The Labute approximate surface area is 274 Å². The van der Waals surface area contributed by atoms with Gasteiger partial charge in [0.2, 0.25) is 23.6 Å². The fourth-order valence-corrected chi connectivity index (χ4v) is 5.14. The summed E-state index contributed by atoms with van der Waals surface area (Å²) in [7, 11) is 0. The molecule has 1 aliphatic heterocycles. The predicted octanol–water partition coefficient (Wildman–Crippen LogP) is 0.722. The first-order valence-electron chi connectivity index (χ1n) is 15.0. The summed E-state index contributed by atoms with van der Waals surface area (Å²) < 4.78 is 10.4. The largest absolute Gasteiger partial charge is 0.449 e. The lowest BCUT2D eigenvalue weighted by atomic mass is 9.98. The molecule has 4 rings (SSSR count). The average molecular weight is 662 g/mol. The van der Waals surface area contributed by atoms with Crippen molar-refractivity contribution < 1.29 is 38.2 Å². The number of nitrogens with zero attached hydrogens (tertiary/aromatic N) is 3. The molecule has 2 aromatic rings. The van der Waals surface area contributed by atoms with Gasteiger partial charge in [-0.2, -0.15) is 0 Å². The predicted molar refractivity (Wildman–Crippen MR) is 170 cm³/mol. The summed E-state index contributed by atoms with van der Waals surface area (Å²) in [6.07, 6.45) is -0.799. The molecule has 17 nitrogen and oxygen atoms in total. The van der Waals surface area contributed by atoms with E-state index in [0.717, 1.165) is 22.3 Å². The van der Waals surface area contributed by atoms with Crippen molar-refractivity contribution >= 4 is 35.8 Å². The molecule has 1 heterocycles. The van der Waals surface area contributed by atoms with Crippen LogP contribution in [0.15, 0.2) is 66.3 Å². The Morgan fingerprint density at radius 1 is 0.833 bits per heavy atom. The van der Waals surface area contributed by atoms with Crippen molar-refractivity contribution in [3.05, 3.63) is 82.8 Å². The quantitative estimate of drug-likeness (QED) is 0.107. The Balaban J connectivity index is 1.42. The van der Waals surface area contributed by atoms with E-state index in [0.29, 0.717) is 0 Å². The smallest absolute Gasteiger partial charge is 0.408 e. The van der Waals surface area contributed by atoms with E-state index in [-0.39, 0.29) is 38.6 Å². The fourth-order valence-electron chi connectivity index (χ4n) is 5.14.